The van der Waals surface area contributed by atoms with Crippen LogP contribution in [0.15, 0.2) is 0 Å². The fourth-order valence-electron chi connectivity index (χ4n) is 0.393. The second kappa shape index (κ2) is 5.85. The number of halogens is 1. The second-order valence-electron chi connectivity index (χ2n) is 1.62. The van der Waals surface area contributed by atoms with Gasteiger partial charge in [-0.1, -0.05) is 6.92 Å². The van der Waals surface area contributed by atoms with Gasteiger partial charge in [0, 0.05) is 0 Å². The van der Waals surface area contributed by atoms with E-state index in [4.69, 9.17) is 5.11 Å². The number of hydrogen-bond acceptors (Lipinski definition) is 2. The molecule has 4 heteroatoms. The molecular formula is C5H12ClNO2. The van der Waals surface area contributed by atoms with Crippen LogP contribution in [0.5, 0.6) is 0 Å². The van der Waals surface area contributed by atoms with Crippen molar-refractivity contribution in [1.82, 2.24) is 5.32 Å². The number of carboxylic acids is 1. The first-order chi connectivity index (χ1) is 3.68. The highest BCUT2D eigenvalue weighted by molar-refractivity contribution is 5.85. The molecule has 0 aliphatic carbocycles. The van der Waals surface area contributed by atoms with Crippen LogP contribution < -0.4 is 5.32 Å². The molecule has 2 N–H and O–H groups in total. The first kappa shape index (κ1) is 11.5. The summed E-state index contributed by atoms with van der Waals surface area (Å²) in [5.41, 5.74) is 0. The molecule has 0 aromatic carbocycles. The van der Waals surface area contributed by atoms with Crippen molar-refractivity contribution in [1.29, 1.82) is 0 Å². The number of rotatable bonds is 3. The Kier molecular flexibility index (Phi) is 7.48. The molecule has 0 radical (unpaired) electrons. The maximum Gasteiger partial charge on any atom is 0.320 e. The van der Waals surface area contributed by atoms with E-state index in [0.29, 0.717) is 6.54 Å². The fraction of sp³-hybridized carbons (Fsp3) is 0.800. The van der Waals surface area contributed by atoms with E-state index < -0.39 is 12.0 Å². The topological polar surface area (TPSA) is 49.3 Å². The number of hydrogen-bond donors (Lipinski definition) is 2. The van der Waals surface area contributed by atoms with Crippen LogP contribution in [0, 0.1) is 0 Å². The second-order valence-corrected chi connectivity index (χ2v) is 1.62. The summed E-state index contributed by atoms with van der Waals surface area (Å²) in [7, 11) is 0. The Bertz CT molecular complexity index is 87.0. The summed E-state index contributed by atoms with van der Waals surface area (Å²) < 4.78 is 0. The Labute approximate surface area is 60.9 Å². The van der Waals surface area contributed by atoms with E-state index in [1.54, 1.807) is 6.92 Å². The van der Waals surface area contributed by atoms with Crippen LogP contribution in [0.25, 0.3) is 0 Å². The molecule has 0 aromatic rings. The lowest BCUT2D eigenvalue weighted by Crippen LogP contribution is -2.33. The van der Waals surface area contributed by atoms with E-state index in [2.05, 4.69) is 5.32 Å². The highest BCUT2D eigenvalue weighted by atomic mass is 35.5. The third-order valence-corrected chi connectivity index (χ3v) is 0.881. The zero-order valence-electron chi connectivity index (χ0n) is 5.55. The van der Waals surface area contributed by atoms with Crippen LogP contribution in [0.3, 0.4) is 0 Å². The van der Waals surface area contributed by atoms with Gasteiger partial charge in [0.05, 0.1) is 0 Å². The lowest BCUT2D eigenvalue weighted by molar-refractivity contribution is -0.138. The molecule has 1 atom stereocenters. The molecule has 0 aliphatic rings. The van der Waals surface area contributed by atoms with Gasteiger partial charge in [-0.3, -0.25) is 4.79 Å². The van der Waals surface area contributed by atoms with Gasteiger partial charge in [-0.2, -0.15) is 0 Å². The number of aliphatic carboxylic acids is 1. The lowest BCUT2D eigenvalue weighted by Gasteiger charge is -2.03. The predicted octanol–water partition coefficient (Wildman–Crippen LogP) is 0.491. The molecule has 0 heterocycles. The number of nitrogens with one attached hydrogen (secondary N) is 1. The first-order valence-corrected chi connectivity index (χ1v) is 2.64. The maximum absolute atomic E-state index is 10.0. The summed E-state index contributed by atoms with van der Waals surface area (Å²) in [6.45, 7) is 4.19. The summed E-state index contributed by atoms with van der Waals surface area (Å²) in [5.74, 6) is -0.799. The zero-order chi connectivity index (χ0) is 6.57. The monoisotopic (exact) mass is 153 g/mol. The van der Waals surface area contributed by atoms with Gasteiger partial charge in [0.25, 0.3) is 0 Å². The molecule has 0 spiro atoms. The smallest absolute Gasteiger partial charge is 0.320 e. The van der Waals surface area contributed by atoms with Gasteiger partial charge < -0.3 is 10.4 Å². The molecule has 9 heavy (non-hydrogen) atoms. The third-order valence-electron chi connectivity index (χ3n) is 0.881. The lowest BCUT2D eigenvalue weighted by atomic mass is 10.3. The molecular weight excluding hydrogens is 142 g/mol. The van der Waals surface area contributed by atoms with Gasteiger partial charge in [0.15, 0.2) is 0 Å². The number of likely N-dealkylation sites (N-methyl/N-ethyl adjacent to an activating group) is 1. The van der Waals surface area contributed by atoms with E-state index in [-0.39, 0.29) is 12.4 Å². The molecule has 0 saturated carbocycles. The summed E-state index contributed by atoms with van der Waals surface area (Å²) in [5, 5.41) is 11.0. The van der Waals surface area contributed by atoms with Crippen LogP contribution in [-0.4, -0.2) is 23.7 Å². The van der Waals surface area contributed by atoms with E-state index in [9.17, 15) is 4.79 Å². The van der Waals surface area contributed by atoms with Crippen molar-refractivity contribution in [3.8, 4) is 0 Å². The molecule has 0 saturated heterocycles. The molecule has 3 nitrogen and oxygen atoms in total. The Morgan fingerprint density at radius 2 is 2.22 bits per heavy atom. The molecule has 56 valence electrons. The zero-order valence-corrected chi connectivity index (χ0v) is 6.36. The molecule has 0 aliphatic heterocycles. The summed E-state index contributed by atoms with van der Waals surface area (Å²) in [4.78, 5) is 10.0. The minimum Gasteiger partial charge on any atom is -0.480 e. The van der Waals surface area contributed by atoms with Gasteiger partial charge in [-0.15, -0.1) is 12.4 Å². The molecule has 0 fully saturated rings. The van der Waals surface area contributed by atoms with Crippen LogP contribution in [0.4, 0.5) is 0 Å². The highest BCUT2D eigenvalue weighted by Crippen LogP contribution is 1.77. The molecule has 1 unspecified atom stereocenters. The van der Waals surface area contributed by atoms with Crippen molar-refractivity contribution in [2.45, 2.75) is 19.9 Å². The van der Waals surface area contributed by atoms with Crippen molar-refractivity contribution >= 4 is 18.4 Å². The molecule has 0 bridgehead atoms. The molecule has 0 aromatic heterocycles. The van der Waals surface area contributed by atoms with Crippen molar-refractivity contribution in [2.75, 3.05) is 6.54 Å². The Balaban J connectivity index is 0. The van der Waals surface area contributed by atoms with Crippen molar-refractivity contribution in [3.05, 3.63) is 0 Å². The molecule has 0 amide bonds. The summed E-state index contributed by atoms with van der Waals surface area (Å²) in [6.07, 6.45) is 0. The van der Waals surface area contributed by atoms with E-state index in [0.717, 1.165) is 0 Å². The van der Waals surface area contributed by atoms with Crippen LogP contribution in [-0.2, 0) is 4.79 Å². The number of carboxylic acid groups (broad SMARTS) is 1. The summed E-state index contributed by atoms with van der Waals surface area (Å²) >= 11 is 0. The van der Waals surface area contributed by atoms with Gasteiger partial charge >= 0.3 is 5.97 Å². The average Bonchev–Trinajstić information content (AvgIpc) is 1.67. The normalized spacial score (nSPS) is 11.8. The fourth-order valence-corrected chi connectivity index (χ4v) is 0.393. The SMILES string of the molecule is CCNC(C)C(=O)O.Cl. The quantitative estimate of drug-likeness (QED) is 0.621. The first-order valence-electron chi connectivity index (χ1n) is 2.64. The summed E-state index contributed by atoms with van der Waals surface area (Å²) in [6, 6.07) is -0.417. The van der Waals surface area contributed by atoms with Crippen LogP contribution in [0.1, 0.15) is 13.8 Å². The van der Waals surface area contributed by atoms with Crippen molar-refractivity contribution in [2.24, 2.45) is 0 Å². The third kappa shape index (κ3) is 5.59. The van der Waals surface area contributed by atoms with Gasteiger partial charge in [0.1, 0.15) is 6.04 Å². The number of carbonyl (C=O) groups is 1. The highest BCUT2D eigenvalue weighted by Gasteiger charge is 2.06. The van der Waals surface area contributed by atoms with E-state index >= 15 is 0 Å². The van der Waals surface area contributed by atoms with Gasteiger partial charge in [0.2, 0.25) is 0 Å². The van der Waals surface area contributed by atoms with Crippen molar-refractivity contribution in [3.63, 3.8) is 0 Å². The van der Waals surface area contributed by atoms with E-state index in [1.165, 1.54) is 0 Å². The minimum atomic E-state index is -0.799. The molecule has 0 rings (SSSR count). The van der Waals surface area contributed by atoms with Gasteiger partial charge in [-0.05, 0) is 13.5 Å². The standard InChI is InChI=1S/C5H11NO2.ClH/c1-3-6-4(2)5(7)8;/h4,6H,3H2,1-2H3,(H,7,8);1H. The van der Waals surface area contributed by atoms with Crippen LogP contribution in [0.2, 0.25) is 0 Å². The van der Waals surface area contributed by atoms with Crippen molar-refractivity contribution < 1.29 is 9.90 Å². The van der Waals surface area contributed by atoms with Crippen LogP contribution >= 0.6 is 12.4 Å². The average molecular weight is 154 g/mol. The Morgan fingerprint density at radius 1 is 1.78 bits per heavy atom. The Morgan fingerprint density at radius 3 is 2.33 bits per heavy atom. The van der Waals surface area contributed by atoms with E-state index in [1.807, 2.05) is 6.92 Å². The predicted molar refractivity (Wildman–Crippen MR) is 38.0 cm³/mol. The Hall–Kier alpha value is -0.280. The van der Waals surface area contributed by atoms with Gasteiger partial charge in [-0.25, -0.2) is 0 Å². The maximum atomic E-state index is 10.0. The largest absolute Gasteiger partial charge is 0.480 e. The minimum absolute atomic E-state index is 0.